The van der Waals surface area contributed by atoms with Crippen molar-refractivity contribution in [2.75, 3.05) is 13.2 Å². The first-order valence-electron chi connectivity index (χ1n) is 7.17. The van der Waals surface area contributed by atoms with Crippen LogP contribution in [0.15, 0.2) is 18.2 Å². The zero-order valence-electron chi connectivity index (χ0n) is 11.8. The fourth-order valence-electron chi connectivity index (χ4n) is 3.50. The summed E-state index contributed by atoms with van der Waals surface area (Å²) in [5, 5.41) is 14.0. The van der Waals surface area contributed by atoms with Crippen LogP contribution in [-0.4, -0.2) is 36.0 Å². The predicted molar refractivity (Wildman–Crippen MR) is 70.8 cm³/mol. The highest BCUT2D eigenvalue weighted by Crippen LogP contribution is 2.37. The van der Waals surface area contributed by atoms with Crippen molar-refractivity contribution in [3.05, 3.63) is 35.1 Å². The van der Waals surface area contributed by atoms with Crippen molar-refractivity contribution in [2.45, 2.75) is 43.1 Å². The lowest BCUT2D eigenvalue weighted by molar-refractivity contribution is -0.139. The molecule has 2 aliphatic rings. The monoisotopic (exact) mass is 319 g/mol. The fourth-order valence-corrected chi connectivity index (χ4v) is 3.50. The third-order valence-electron chi connectivity index (χ3n) is 4.25. The lowest BCUT2D eigenvalue weighted by atomic mass is 9.78. The average molecular weight is 319 g/mol. The summed E-state index contributed by atoms with van der Waals surface area (Å²) in [4.78, 5) is 0. The van der Waals surface area contributed by atoms with Crippen LogP contribution in [0.2, 0.25) is 0 Å². The molecule has 0 saturated carbocycles. The quantitative estimate of drug-likeness (QED) is 0.822. The molecule has 1 aromatic carbocycles. The summed E-state index contributed by atoms with van der Waals surface area (Å²) in [6.45, 7) is 0.849. The van der Waals surface area contributed by atoms with Crippen LogP contribution in [0, 0.1) is 5.82 Å². The molecule has 0 radical (unpaired) electrons. The zero-order chi connectivity index (χ0) is 16.0. The van der Waals surface area contributed by atoms with Gasteiger partial charge in [0.25, 0.3) is 0 Å². The molecule has 2 bridgehead atoms. The van der Waals surface area contributed by atoms with Gasteiger partial charge in [-0.2, -0.15) is 13.2 Å². The topological polar surface area (TPSA) is 41.5 Å². The minimum Gasteiger partial charge on any atom is -0.389 e. The summed E-state index contributed by atoms with van der Waals surface area (Å²) in [7, 11) is 0. The Morgan fingerprint density at radius 2 is 1.86 bits per heavy atom. The Hall–Kier alpha value is -1.18. The maximum absolute atomic E-state index is 13.4. The van der Waals surface area contributed by atoms with E-state index in [-0.39, 0.29) is 36.9 Å². The van der Waals surface area contributed by atoms with Gasteiger partial charge in [0, 0.05) is 18.5 Å². The highest BCUT2D eigenvalue weighted by Gasteiger charge is 2.43. The molecule has 3 rings (SSSR count). The summed E-state index contributed by atoms with van der Waals surface area (Å²) < 4.78 is 57.9. The second-order valence-electron chi connectivity index (χ2n) is 6.21. The summed E-state index contributed by atoms with van der Waals surface area (Å²) in [6.07, 6.45) is -4.20. The lowest BCUT2D eigenvalue weighted by Gasteiger charge is -2.45. The normalized spacial score (nSPS) is 32.0. The first-order chi connectivity index (χ1) is 10.3. The Kier molecular flexibility index (Phi) is 3.91. The average Bonchev–Trinajstić information content (AvgIpc) is 2.35. The molecular formula is C15H17F4NO2. The molecule has 2 saturated heterocycles. The van der Waals surface area contributed by atoms with Crippen molar-refractivity contribution >= 4 is 0 Å². The Morgan fingerprint density at radius 1 is 1.23 bits per heavy atom. The fraction of sp³-hybridized carbons (Fsp3) is 0.600. The van der Waals surface area contributed by atoms with E-state index in [1.54, 1.807) is 0 Å². The number of halogens is 4. The number of benzene rings is 1. The van der Waals surface area contributed by atoms with Crippen LogP contribution >= 0.6 is 0 Å². The van der Waals surface area contributed by atoms with Crippen molar-refractivity contribution in [1.29, 1.82) is 0 Å². The van der Waals surface area contributed by atoms with Crippen molar-refractivity contribution in [2.24, 2.45) is 0 Å². The summed E-state index contributed by atoms with van der Waals surface area (Å²) in [5.41, 5.74) is -2.36. The predicted octanol–water partition coefficient (Wildman–Crippen LogP) is 2.27. The second kappa shape index (κ2) is 5.47. The van der Waals surface area contributed by atoms with E-state index in [9.17, 15) is 22.7 Å². The van der Waals surface area contributed by atoms with Gasteiger partial charge in [0.15, 0.2) is 0 Å². The maximum atomic E-state index is 13.4. The molecule has 2 heterocycles. The molecule has 2 fully saturated rings. The van der Waals surface area contributed by atoms with Crippen molar-refractivity contribution in [3.8, 4) is 0 Å². The van der Waals surface area contributed by atoms with Gasteiger partial charge < -0.3 is 15.2 Å². The number of fused-ring (bicyclic) bond motifs is 2. The van der Waals surface area contributed by atoms with Gasteiger partial charge in [0.1, 0.15) is 5.82 Å². The molecule has 0 amide bonds. The number of ether oxygens (including phenoxy) is 1. The standard InChI is InChI=1S/C15H17F4NO2/c16-10-1-2-13(15(17,18)19)9(3-10)4-14(21)5-11-7-22-8-12(6-14)20-11/h1-3,11-12,20-21H,4-8H2. The molecule has 22 heavy (non-hydrogen) atoms. The lowest BCUT2D eigenvalue weighted by Crippen LogP contribution is -2.60. The third-order valence-corrected chi connectivity index (χ3v) is 4.25. The molecule has 0 aliphatic carbocycles. The maximum Gasteiger partial charge on any atom is 0.416 e. The van der Waals surface area contributed by atoms with E-state index < -0.39 is 23.2 Å². The van der Waals surface area contributed by atoms with E-state index in [1.165, 1.54) is 0 Å². The minimum atomic E-state index is -4.56. The van der Waals surface area contributed by atoms with Gasteiger partial charge in [-0.15, -0.1) is 0 Å². The van der Waals surface area contributed by atoms with Gasteiger partial charge in [0.2, 0.25) is 0 Å². The highest BCUT2D eigenvalue weighted by atomic mass is 19.4. The number of alkyl halides is 3. The summed E-state index contributed by atoms with van der Waals surface area (Å²) >= 11 is 0. The van der Waals surface area contributed by atoms with Crippen LogP contribution < -0.4 is 5.32 Å². The SMILES string of the molecule is OC1(Cc2cc(F)ccc2C(F)(F)F)CC2COCC(C1)N2. The van der Waals surface area contributed by atoms with Gasteiger partial charge in [-0.25, -0.2) is 4.39 Å². The molecule has 2 atom stereocenters. The van der Waals surface area contributed by atoms with Crippen LogP contribution in [-0.2, 0) is 17.3 Å². The molecule has 0 spiro atoms. The zero-order valence-corrected chi connectivity index (χ0v) is 11.8. The van der Waals surface area contributed by atoms with Crippen LogP contribution in [0.1, 0.15) is 24.0 Å². The second-order valence-corrected chi connectivity index (χ2v) is 6.21. The van der Waals surface area contributed by atoms with Crippen molar-refractivity contribution in [3.63, 3.8) is 0 Å². The number of hydrogen-bond acceptors (Lipinski definition) is 3. The van der Waals surface area contributed by atoms with E-state index in [2.05, 4.69) is 5.32 Å². The number of piperidine rings is 1. The molecule has 2 unspecified atom stereocenters. The Balaban J connectivity index is 1.87. The molecule has 2 aliphatic heterocycles. The Labute approximate surface area is 125 Å². The smallest absolute Gasteiger partial charge is 0.389 e. The Morgan fingerprint density at radius 3 is 2.45 bits per heavy atom. The van der Waals surface area contributed by atoms with E-state index in [0.717, 1.165) is 18.2 Å². The van der Waals surface area contributed by atoms with Crippen molar-refractivity contribution in [1.82, 2.24) is 5.32 Å². The number of aliphatic hydroxyl groups is 1. The van der Waals surface area contributed by atoms with E-state index in [0.29, 0.717) is 13.2 Å². The van der Waals surface area contributed by atoms with Crippen LogP contribution in [0.25, 0.3) is 0 Å². The van der Waals surface area contributed by atoms with Crippen molar-refractivity contribution < 1.29 is 27.4 Å². The molecule has 1 aromatic rings. The first kappa shape index (κ1) is 15.7. The molecule has 0 aromatic heterocycles. The van der Waals surface area contributed by atoms with Gasteiger partial charge in [-0.1, -0.05) is 0 Å². The van der Waals surface area contributed by atoms with Gasteiger partial charge >= 0.3 is 6.18 Å². The highest BCUT2D eigenvalue weighted by molar-refractivity contribution is 5.32. The molecule has 7 heteroatoms. The largest absolute Gasteiger partial charge is 0.416 e. The van der Waals surface area contributed by atoms with Crippen LogP contribution in [0.5, 0.6) is 0 Å². The van der Waals surface area contributed by atoms with E-state index >= 15 is 0 Å². The molecular weight excluding hydrogens is 302 g/mol. The van der Waals surface area contributed by atoms with E-state index in [4.69, 9.17) is 4.74 Å². The Bertz CT molecular complexity index is 549. The number of morpholine rings is 1. The first-order valence-corrected chi connectivity index (χ1v) is 7.17. The number of nitrogens with one attached hydrogen (secondary N) is 1. The molecule has 122 valence electrons. The summed E-state index contributed by atoms with van der Waals surface area (Å²) in [6, 6.07) is 2.23. The third kappa shape index (κ3) is 3.26. The van der Waals surface area contributed by atoms with Crippen LogP contribution in [0.4, 0.5) is 17.6 Å². The van der Waals surface area contributed by atoms with Gasteiger partial charge in [-0.05, 0) is 36.6 Å². The van der Waals surface area contributed by atoms with Gasteiger partial charge in [-0.3, -0.25) is 0 Å². The molecule has 2 N–H and O–H groups in total. The minimum absolute atomic E-state index is 0.0830. The number of rotatable bonds is 2. The molecule has 3 nitrogen and oxygen atoms in total. The summed E-state index contributed by atoms with van der Waals surface area (Å²) in [5.74, 6) is -0.732. The van der Waals surface area contributed by atoms with Gasteiger partial charge in [0.05, 0.1) is 24.4 Å². The number of hydrogen-bond donors (Lipinski definition) is 2. The van der Waals surface area contributed by atoms with E-state index in [1.807, 2.05) is 0 Å². The van der Waals surface area contributed by atoms with Crippen LogP contribution in [0.3, 0.4) is 0 Å².